The first-order valence-electron chi connectivity index (χ1n) is 5.82. The molecule has 0 saturated carbocycles. The quantitative estimate of drug-likeness (QED) is 0.760. The van der Waals surface area contributed by atoms with Crippen LogP contribution in [-0.4, -0.2) is 11.2 Å². The lowest BCUT2D eigenvalue weighted by Gasteiger charge is -2.24. The summed E-state index contributed by atoms with van der Waals surface area (Å²) in [6.45, 7) is 1.85. The molecule has 17 heavy (non-hydrogen) atoms. The number of para-hydroxylation sites is 1. The van der Waals surface area contributed by atoms with Gasteiger partial charge in [0.2, 0.25) is 0 Å². The van der Waals surface area contributed by atoms with Crippen molar-refractivity contribution in [3.8, 4) is 0 Å². The zero-order valence-corrected chi connectivity index (χ0v) is 9.58. The summed E-state index contributed by atoms with van der Waals surface area (Å²) in [5, 5.41) is 0. The van der Waals surface area contributed by atoms with Crippen LogP contribution in [0, 0.1) is 0 Å². The molecule has 0 amide bonds. The summed E-state index contributed by atoms with van der Waals surface area (Å²) in [5.74, 6) is 0. The summed E-state index contributed by atoms with van der Waals surface area (Å²) in [6.07, 6.45) is 1.94. The standard InChI is InChI=1S/C15H14N2/c1-2-6-13(7-3-1)10-17-11-14-8-4-5-9-15(14)16-12-17/h1-9,12H,10-11H2. The molecule has 0 aliphatic carbocycles. The normalized spacial score (nSPS) is 13.5. The van der Waals surface area contributed by atoms with Gasteiger partial charge in [0.1, 0.15) is 0 Å². The Hall–Kier alpha value is -2.09. The Morgan fingerprint density at radius 2 is 1.71 bits per heavy atom. The van der Waals surface area contributed by atoms with Crippen molar-refractivity contribution in [2.45, 2.75) is 13.1 Å². The Morgan fingerprint density at radius 3 is 2.59 bits per heavy atom. The third-order valence-electron chi connectivity index (χ3n) is 2.95. The van der Waals surface area contributed by atoms with E-state index in [-0.39, 0.29) is 0 Å². The molecule has 0 unspecified atom stereocenters. The molecule has 0 aromatic heterocycles. The summed E-state index contributed by atoms with van der Waals surface area (Å²) < 4.78 is 0. The summed E-state index contributed by atoms with van der Waals surface area (Å²) in [4.78, 5) is 6.71. The van der Waals surface area contributed by atoms with Crippen LogP contribution in [0.4, 0.5) is 5.69 Å². The first kappa shape index (κ1) is 10.1. The maximum atomic E-state index is 4.47. The van der Waals surface area contributed by atoms with Gasteiger partial charge in [0, 0.05) is 13.1 Å². The second kappa shape index (κ2) is 4.42. The first-order valence-corrected chi connectivity index (χ1v) is 5.82. The van der Waals surface area contributed by atoms with Crippen molar-refractivity contribution < 1.29 is 0 Å². The molecule has 2 heteroatoms. The molecule has 84 valence electrons. The van der Waals surface area contributed by atoms with E-state index in [4.69, 9.17) is 0 Å². The number of benzene rings is 2. The Balaban J connectivity index is 1.77. The molecule has 0 fully saturated rings. The third-order valence-corrected chi connectivity index (χ3v) is 2.95. The summed E-state index contributed by atoms with van der Waals surface area (Å²) in [6, 6.07) is 18.8. The van der Waals surface area contributed by atoms with Gasteiger partial charge in [-0.05, 0) is 17.2 Å². The van der Waals surface area contributed by atoms with Gasteiger partial charge in [0.25, 0.3) is 0 Å². The van der Waals surface area contributed by atoms with E-state index in [1.54, 1.807) is 0 Å². The molecule has 2 nitrogen and oxygen atoms in total. The van der Waals surface area contributed by atoms with Gasteiger partial charge in [-0.2, -0.15) is 0 Å². The maximum absolute atomic E-state index is 4.47. The van der Waals surface area contributed by atoms with E-state index >= 15 is 0 Å². The predicted octanol–water partition coefficient (Wildman–Crippen LogP) is 3.36. The fourth-order valence-corrected chi connectivity index (χ4v) is 2.09. The Bertz CT molecular complexity index is 532. The SMILES string of the molecule is C1=Nc2ccccc2CN1Cc1ccccc1. The highest BCUT2D eigenvalue weighted by Gasteiger charge is 2.10. The molecular weight excluding hydrogens is 208 g/mol. The van der Waals surface area contributed by atoms with Gasteiger partial charge in [0.15, 0.2) is 0 Å². The van der Waals surface area contributed by atoms with Crippen LogP contribution in [0.25, 0.3) is 0 Å². The smallest absolute Gasteiger partial charge is 0.0918 e. The molecule has 0 saturated heterocycles. The van der Waals surface area contributed by atoms with E-state index < -0.39 is 0 Å². The van der Waals surface area contributed by atoms with Gasteiger partial charge in [-0.25, -0.2) is 4.99 Å². The molecule has 0 atom stereocenters. The van der Waals surface area contributed by atoms with Crippen molar-refractivity contribution in [3.05, 3.63) is 65.7 Å². The highest BCUT2D eigenvalue weighted by atomic mass is 15.2. The van der Waals surface area contributed by atoms with E-state index in [0.29, 0.717) is 0 Å². The highest BCUT2D eigenvalue weighted by Crippen LogP contribution is 2.24. The van der Waals surface area contributed by atoms with E-state index in [1.165, 1.54) is 11.1 Å². The second-order valence-electron chi connectivity index (χ2n) is 4.26. The lowest BCUT2D eigenvalue weighted by molar-refractivity contribution is 0.414. The molecule has 2 aromatic rings. The predicted molar refractivity (Wildman–Crippen MR) is 70.3 cm³/mol. The van der Waals surface area contributed by atoms with E-state index in [9.17, 15) is 0 Å². The van der Waals surface area contributed by atoms with Crippen molar-refractivity contribution in [1.82, 2.24) is 4.90 Å². The van der Waals surface area contributed by atoms with Crippen molar-refractivity contribution >= 4 is 12.0 Å². The fraction of sp³-hybridized carbons (Fsp3) is 0.133. The van der Waals surface area contributed by atoms with Gasteiger partial charge in [-0.1, -0.05) is 48.5 Å². The van der Waals surface area contributed by atoms with Crippen molar-refractivity contribution in [3.63, 3.8) is 0 Å². The second-order valence-corrected chi connectivity index (χ2v) is 4.26. The van der Waals surface area contributed by atoms with E-state index in [2.05, 4.69) is 52.4 Å². The molecule has 0 spiro atoms. The molecule has 1 aliphatic rings. The molecular formula is C15H14N2. The summed E-state index contributed by atoms with van der Waals surface area (Å²) in [7, 11) is 0. The molecule has 0 N–H and O–H groups in total. The monoisotopic (exact) mass is 222 g/mol. The minimum Gasteiger partial charge on any atom is -0.354 e. The highest BCUT2D eigenvalue weighted by molar-refractivity contribution is 5.66. The van der Waals surface area contributed by atoms with Crippen molar-refractivity contribution in [2.24, 2.45) is 4.99 Å². The van der Waals surface area contributed by atoms with Gasteiger partial charge in [-0.15, -0.1) is 0 Å². The minimum atomic E-state index is 0.915. The molecule has 0 radical (unpaired) electrons. The largest absolute Gasteiger partial charge is 0.354 e. The number of hydrogen-bond acceptors (Lipinski definition) is 2. The van der Waals surface area contributed by atoms with Crippen LogP contribution in [0.2, 0.25) is 0 Å². The minimum absolute atomic E-state index is 0.915. The molecule has 1 aliphatic heterocycles. The van der Waals surface area contributed by atoms with Crippen LogP contribution in [-0.2, 0) is 13.1 Å². The summed E-state index contributed by atoms with van der Waals surface area (Å²) in [5.41, 5.74) is 3.71. The topological polar surface area (TPSA) is 15.6 Å². The molecule has 2 aromatic carbocycles. The average Bonchev–Trinajstić information content (AvgIpc) is 2.40. The lowest BCUT2D eigenvalue weighted by atomic mass is 10.1. The number of nitrogens with zero attached hydrogens (tertiary/aromatic N) is 2. The van der Waals surface area contributed by atoms with Crippen LogP contribution in [0.15, 0.2) is 59.6 Å². The molecule has 3 rings (SSSR count). The zero-order chi connectivity index (χ0) is 11.5. The average molecular weight is 222 g/mol. The third kappa shape index (κ3) is 2.21. The number of aliphatic imine (C=N–C) groups is 1. The number of rotatable bonds is 2. The zero-order valence-electron chi connectivity index (χ0n) is 9.58. The summed E-state index contributed by atoms with van der Waals surface area (Å²) >= 11 is 0. The van der Waals surface area contributed by atoms with Crippen LogP contribution < -0.4 is 0 Å². The van der Waals surface area contributed by atoms with Crippen LogP contribution in [0.1, 0.15) is 11.1 Å². The molecule has 1 heterocycles. The van der Waals surface area contributed by atoms with Gasteiger partial charge < -0.3 is 4.90 Å². The van der Waals surface area contributed by atoms with Gasteiger partial charge >= 0.3 is 0 Å². The maximum Gasteiger partial charge on any atom is 0.0918 e. The van der Waals surface area contributed by atoms with Crippen molar-refractivity contribution in [2.75, 3.05) is 0 Å². The fourth-order valence-electron chi connectivity index (χ4n) is 2.09. The molecule has 0 bridgehead atoms. The van der Waals surface area contributed by atoms with Crippen LogP contribution >= 0.6 is 0 Å². The van der Waals surface area contributed by atoms with E-state index in [0.717, 1.165) is 18.8 Å². The van der Waals surface area contributed by atoms with Crippen molar-refractivity contribution in [1.29, 1.82) is 0 Å². The number of fused-ring (bicyclic) bond motifs is 1. The lowest BCUT2D eigenvalue weighted by Crippen LogP contribution is -2.23. The van der Waals surface area contributed by atoms with Gasteiger partial charge in [-0.3, -0.25) is 0 Å². The van der Waals surface area contributed by atoms with Crippen LogP contribution in [0.5, 0.6) is 0 Å². The van der Waals surface area contributed by atoms with E-state index in [1.807, 2.05) is 18.5 Å². The Labute approximate surface area is 101 Å². The van der Waals surface area contributed by atoms with Gasteiger partial charge in [0.05, 0.1) is 12.0 Å². The Kier molecular flexibility index (Phi) is 2.62. The Morgan fingerprint density at radius 1 is 0.941 bits per heavy atom. The first-order chi connectivity index (χ1) is 8.42. The number of hydrogen-bond donors (Lipinski definition) is 0. The van der Waals surface area contributed by atoms with Crippen LogP contribution in [0.3, 0.4) is 0 Å².